The Balaban J connectivity index is 1.81. The molecule has 0 bridgehead atoms. The quantitative estimate of drug-likeness (QED) is 0.539. The molecule has 176 valence electrons. The molecule has 0 spiro atoms. The number of carbonyl (C=O) groups excluding carboxylic acids is 2. The summed E-state index contributed by atoms with van der Waals surface area (Å²) in [6.45, 7) is 3.93. The number of hydrogen-bond donors (Lipinski definition) is 1. The number of nitrogens with zero attached hydrogens (tertiary/aromatic N) is 2. The normalized spacial score (nSPS) is 14.8. The maximum absolute atomic E-state index is 13.0. The van der Waals surface area contributed by atoms with Crippen molar-refractivity contribution in [2.75, 3.05) is 38.8 Å². The van der Waals surface area contributed by atoms with Crippen LogP contribution in [0.1, 0.15) is 29.5 Å². The van der Waals surface area contributed by atoms with Gasteiger partial charge in [-0.1, -0.05) is 30.3 Å². The molecule has 1 N–H and O–H groups in total. The number of amides is 1. The van der Waals surface area contributed by atoms with E-state index in [0.29, 0.717) is 26.1 Å². The third-order valence-corrected chi connectivity index (χ3v) is 6.66. The molecule has 2 heterocycles. The minimum absolute atomic E-state index is 0.105. The molecule has 0 unspecified atom stereocenters. The van der Waals surface area contributed by atoms with E-state index in [-0.39, 0.29) is 17.9 Å². The molecule has 1 aliphatic heterocycles. The Kier molecular flexibility index (Phi) is 9.51. The van der Waals surface area contributed by atoms with E-state index >= 15 is 0 Å². The molecule has 0 saturated heterocycles. The summed E-state index contributed by atoms with van der Waals surface area (Å²) in [6, 6.07) is 11.7. The van der Waals surface area contributed by atoms with Crippen LogP contribution in [0.25, 0.3) is 5.57 Å². The first-order chi connectivity index (χ1) is 16.0. The maximum atomic E-state index is 13.0. The maximum Gasteiger partial charge on any atom is 0.322 e. The van der Waals surface area contributed by atoms with E-state index in [1.165, 1.54) is 23.8 Å². The zero-order chi connectivity index (χ0) is 23.6. The molecule has 2 aromatic rings. The molecule has 7 heteroatoms. The zero-order valence-electron chi connectivity index (χ0n) is 19.7. The lowest BCUT2D eigenvalue weighted by molar-refractivity contribution is -0.143. The number of methoxy groups -OCH3 is 1. The number of aromatic nitrogens is 1. The van der Waals surface area contributed by atoms with Crippen LogP contribution in [0.4, 0.5) is 0 Å². The van der Waals surface area contributed by atoms with Crippen LogP contribution in [0.15, 0.2) is 54.4 Å². The molecular weight excluding hydrogens is 434 g/mol. The molecule has 1 aromatic heterocycles. The summed E-state index contributed by atoms with van der Waals surface area (Å²) in [5.74, 6) is 0.757. The summed E-state index contributed by atoms with van der Waals surface area (Å²) < 4.78 is 5.00. The minimum atomic E-state index is -0.335. The Morgan fingerprint density at radius 3 is 2.76 bits per heavy atom. The first-order valence-electron chi connectivity index (χ1n) is 11.3. The van der Waals surface area contributed by atoms with Crippen LogP contribution in [0.5, 0.6) is 0 Å². The lowest BCUT2D eigenvalue weighted by Gasteiger charge is -2.32. The smallest absolute Gasteiger partial charge is 0.322 e. The Bertz CT molecular complexity index is 978. The number of rotatable bonds is 10. The minimum Gasteiger partial charge on any atom is -0.468 e. The van der Waals surface area contributed by atoms with Gasteiger partial charge in [0.05, 0.1) is 13.5 Å². The number of thioether (sulfide) groups is 1. The van der Waals surface area contributed by atoms with E-state index < -0.39 is 0 Å². The third kappa shape index (κ3) is 6.92. The number of pyridine rings is 1. The van der Waals surface area contributed by atoms with Gasteiger partial charge in [0.2, 0.25) is 5.91 Å². The first kappa shape index (κ1) is 25.0. The van der Waals surface area contributed by atoms with Crippen molar-refractivity contribution in [2.45, 2.75) is 32.2 Å². The number of nitrogens with one attached hydrogen (secondary N) is 1. The van der Waals surface area contributed by atoms with E-state index in [1.807, 2.05) is 35.4 Å². The number of hydrogen-bond acceptors (Lipinski definition) is 6. The van der Waals surface area contributed by atoms with E-state index in [0.717, 1.165) is 29.7 Å². The molecule has 0 radical (unpaired) electrons. The molecule has 1 amide bonds. The van der Waals surface area contributed by atoms with Crippen molar-refractivity contribution in [3.05, 3.63) is 71.1 Å². The summed E-state index contributed by atoms with van der Waals surface area (Å²) in [7, 11) is 1.43. The van der Waals surface area contributed by atoms with Gasteiger partial charge in [0.1, 0.15) is 6.04 Å². The molecule has 3 rings (SSSR count). The summed E-state index contributed by atoms with van der Waals surface area (Å²) in [5, 5.41) is 3.42. The van der Waals surface area contributed by atoms with Crippen molar-refractivity contribution >= 4 is 29.2 Å². The fraction of sp³-hybridized carbons (Fsp3) is 0.423. The second kappa shape index (κ2) is 12.6. The topological polar surface area (TPSA) is 71.5 Å². The van der Waals surface area contributed by atoms with Crippen molar-refractivity contribution < 1.29 is 14.3 Å². The van der Waals surface area contributed by atoms with Crippen molar-refractivity contribution in [1.82, 2.24) is 15.2 Å². The highest BCUT2D eigenvalue weighted by Crippen LogP contribution is 2.29. The third-order valence-electron chi connectivity index (χ3n) is 6.02. The summed E-state index contributed by atoms with van der Waals surface area (Å²) in [4.78, 5) is 31.3. The van der Waals surface area contributed by atoms with Gasteiger partial charge in [-0.2, -0.15) is 11.8 Å². The van der Waals surface area contributed by atoms with Crippen LogP contribution in [-0.4, -0.2) is 66.6 Å². The van der Waals surface area contributed by atoms with E-state index in [1.54, 1.807) is 24.2 Å². The van der Waals surface area contributed by atoms with Gasteiger partial charge in [0.15, 0.2) is 0 Å². The van der Waals surface area contributed by atoms with Crippen molar-refractivity contribution in [3.8, 4) is 0 Å². The van der Waals surface area contributed by atoms with E-state index in [2.05, 4.69) is 29.4 Å². The Morgan fingerprint density at radius 1 is 1.24 bits per heavy atom. The lowest BCUT2D eigenvalue weighted by Crippen LogP contribution is -2.42. The standard InChI is InChI=1S/C26H33N3O3S/c1-19-7-4-5-9-22(19)23-18-29(25(30)15-20-8-6-12-27-16-20)13-10-21(23)17-28-24(11-14-33-3)26(31)32-2/h4-9,12,16,24,28H,10-11,13-15,17-18H2,1-3H3/t24-/m0/s1. The number of aryl methyl sites for hydroxylation is 1. The number of benzene rings is 1. The fourth-order valence-corrected chi connectivity index (χ4v) is 4.59. The average molecular weight is 468 g/mol. The van der Waals surface area contributed by atoms with Gasteiger partial charge in [-0.25, -0.2) is 0 Å². The molecule has 6 nitrogen and oxygen atoms in total. The van der Waals surface area contributed by atoms with E-state index in [4.69, 9.17) is 4.74 Å². The van der Waals surface area contributed by atoms with Crippen molar-refractivity contribution in [1.29, 1.82) is 0 Å². The van der Waals surface area contributed by atoms with Gasteiger partial charge in [-0.05, 0) is 65.7 Å². The summed E-state index contributed by atoms with van der Waals surface area (Å²) >= 11 is 1.71. The second-order valence-electron chi connectivity index (χ2n) is 8.24. The molecule has 0 fully saturated rings. The summed E-state index contributed by atoms with van der Waals surface area (Å²) in [6.07, 6.45) is 7.33. The fourth-order valence-electron chi connectivity index (χ4n) is 4.11. The number of esters is 1. The van der Waals surface area contributed by atoms with Crippen LogP contribution in [0.3, 0.4) is 0 Å². The van der Waals surface area contributed by atoms with Crippen LogP contribution < -0.4 is 5.32 Å². The summed E-state index contributed by atoms with van der Waals surface area (Å²) in [5.41, 5.74) is 5.67. The van der Waals surface area contributed by atoms with Gasteiger partial charge in [0, 0.05) is 32.0 Å². The van der Waals surface area contributed by atoms with Gasteiger partial charge in [-0.3, -0.25) is 14.6 Å². The van der Waals surface area contributed by atoms with Crippen molar-refractivity contribution in [3.63, 3.8) is 0 Å². The molecule has 0 saturated carbocycles. The van der Waals surface area contributed by atoms with Crippen molar-refractivity contribution in [2.24, 2.45) is 0 Å². The molecular formula is C26H33N3O3S. The van der Waals surface area contributed by atoms with Gasteiger partial charge < -0.3 is 15.0 Å². The molecule has 33 heavy (non-hydrogen) atoms. The van der Waals surface area contributed by atoms with Crippen LogP contribution >= 0.6 is 11.8 Å². The highest BCUT2D eigenvalue weighted by molar-refractivity contribution is 7.98. The predicted octanol–water partition coefficient (Wildman–Crippen LogP) is 3.50. The SMILES string of the molecule is COC(=O)[C@H](CCSC)NCC1=C(c2ccccc2C)CN(C(=O)Cc2cccnc2)CC1. The molecule has 0 aliphatic carbocycles. The Morgan fingerprint density at radius 2 is 2.06 bits per heavy atom. The number of carbonyl (C=O) groups is 2. The largest absolute Gasteiger partial charge is 0.468 e. The molecule has 1 aliphatic rings. The first-order valence-corrected chi connectivity index (χ1v) is 12.7. The Hall–Kier alpha value is -2.64. The molecule has 1 aromatic carbocycles. The predicted molar refractivity (Wildman–Crippen MR) is 134 cm³/mol. The van der Waals surface area contributed by atoms with Crippen LogP contribution in [0, 0.1) is 6.92 Å². The highest BCUT2D eigenvalue weighted by Gasteiger charge is 2.26. The zero-order valence-corrected chi connectivity index (χ0v) is 20.5. The van der Waals surface area contributed by atoms with Crippen LogP contribution in [-0.2, 0) is 20.7 Å². The van der Waals surface area contributed by atoms with Gasteiger partial charge >= 0.3 is 5.97 Å². The van der Waals surface area contributed by atoms with Crippen LogP contribution in [0.2, 0.25) is 0 Å². The Labute approximate surface area is 200 Å². The average Bonchev–Trinajstić information content (AvgIpc) is 2.84. The van der Waals surface area contributed by atoms with E-state index in [9.17, 15) is 9.59 Å². The van der Waals surface area contributed by atoms with Gasteiger partial charge in [-0.15, -0.1) is 0 Å². The number of ether oxygens (including phenoxy) is 1. The monoisotopic (exact) mass is 467 g/mol. The lowest BCUT2D eigenvalue weighted by atomic mass is 9.90. The second-order valence-corrected chi connectivity index (χ2v) is 9.22. The molecule has 1 atom stereocenters. The highest BCUT2D eigenvalue weighted by atomic mass is 32.2. The van der Waals surface area contributed by atoms with Gasteiger partial charge in [0.25, 0.3) is 0 Å².